The van der Waals surface area contributed by atoms with E-state index in [9.17, 15) is 19.2 Å². The number of Topliss-reactive ketones (excluding diaryl/α,β-unsaturated/α-hetero) is 1. The molecule has 2 aromatic heterocycles. The number of rotatable bonds is 8. The molecule has 0 saturated carbocycles. The molecule has 0 atom stereocenters. The van der Waals surface area contributed by atoms with Gasteiger partial charge in [-0.15, -0.1) is 0 Å². The first-order chi connectivity index (χ1) is 14.1. The summed E-state index contributed by atoms with van der Waals surface area (Å²) < 4.78 is 15.1. The zero-order valence-corrected chi connectivity index (χ0v) is 18.0. The molecule has 0 aliphatic rings. The molecule has 0 unspecified atom stereocenters. The number of hydrogen-bond donors (Lipinski definition) is 2. The molecule has 0 bridgehead atoms. The summed E-state index contributed by atoms with van der Waals surface area (Å²) in [5, 5.41) is 0. The van der Waals surface area contributed by atoms with Crippen molar-refractivity contribution in [2.75, 3.05) is 19.8 Å². The lowest BCUT2D eigenvalue weighted by atomic mass is 10.1. The van der Waals surface area contributed by atoms with Gasteiger partial charge in [0.05, 0.1) is 30.0 Å². The Kier molecular flexibility index (Phi) is 7.20. The summed E-state index contributed by atoms with van der Waals surface area (Å²) in [4.78, 5) is 54.8. The summed E-state index contributed by atoms with van der Waals surface area (Å²) in [6.45, 7) is 9.76. The van der Waals surface area contributed by atoms with E-state index in [-0.39, 0.29) is 30.2 Å². The zero-order chi connectivity index (χ0) is 22.6. The summed E-state index contributed by atoms with van der Waals surface area (Å²) in [5.74, 6) is -2.32. The maximum Gasteiger partial charge on any atom is 0.355 e. The van der Waals surface area contributed by atoms with Gasteiger partial charge >= 0.3 is 17.9 Å². The van der Waals surface area contributed by atoms with Gasteiger partial charge in [-0.25, -0.2) is 14.4 Å². The Labute approximate surface area is 174 Å². The van der Waals surface area contributed by atoms with Gasteiger partial charge in [0.1, 0.15) is 5.69 Å². The van der Waals surface area contributed by atoms with E-state index in [1.165, 1.54) is 0 Å². The Bertz CT molecular complexity index is 998. The summed E-state index contributed by atoms with van der Waals surface area (Å²) in [7, 11) is 0. The number of aromatic amines is 2. The maximum absolute atomic E-state index is 12.6. The third kappa shape index (κ3) is 4.45. The molecule has 0 aliphatic carbocycles. The quantitative estimate of drug-likeness (QED) is 0.383. The molecule has 0 fully saturated rings. The standard InChI is InChI=1S/C21H26N2O7/c1-7-28-19(25)15-10(3)17(22-12(15)5)14(24)9-30-20(26)16-11(4)18(23-13(16)6)21(27)29-8-2/h22-23H,7-9H2,1-6H3. The molecule has 9 nitrogen and oxygen atoms in total. The molecule has 0 aliphatic heterocycles. The third-order valence-corrected chi connectivity index (χ3v) is 4.65. The Morgan fingerprint density at radius 2 is 1.10 bits per heavy atom. The second-order valence-corrected chi connectivity index (χ2v) is 6.69. The van der Waals surface area contributed by atoms with Gasteiger partial charge in [-0.1, -0.05) is 0 Å². The van der Waals surface area contributed by atoms with Gasteiger partial charge in [0, 0.05) is 11.4 Å². The van der Waals surface area contributed by atoms with Gasteiger partial charge in [0.2, 0.25) is 5.78 Å². The van der Waals surface area contributed by atoms with Crippen molar-refractivity contribution in [2.24, 2.45) is 0 Å². The largest absolute Gasteiger partial charge is 0.462 e. The van der Waals surface area contributed by atoms with Crippen LogP contribution in [0.1, 0.15) is 78.1 Å². The number of esters is 3. The monoisotopic (exact) mass is 418 g/mol. The lowest BCUT2D eigenvalue weighted by molar-refractivity contribution is 0.0470. The molecule has 0 radical (unpaired) electrons. The van der Waals surface area contributed by atoms with E-state index in [1.54, 1.807) is 41.5 Å². The highest BCUT2D eigenvalue weighted by Gasteiger charge is 2.26. The Morgan fingerprint density at radius 3 is 1.63 bits per heavy atom. The van der Waals surface area contributed by atoms with E-state index >= 15 is 0 Å². The Morgan fingerprint density at radius 1 is 0.667 bits per heavy atom. The molecular formula is C21H26N2O7. The van der Waals surface area contributed by atoms with Crippen molar-refractivity contribution in [3.63, 3.8) is 0 Å². The fraction of sp³-hybridized carbons (Fsp3) is 0.429. The summed E-state index contributed by atoms with van der Waals surface area (Å²) >= 11 is 0. The molecule has 2 N–H and O–H groups in total. The highest BCUT2D eigenvalue weighted by molar-refractivity contribution is 6.04. The van der Waals surface area contributed by atoms with Crippen LogP contribution in [-0.2, 0) is 14.2 Å². The van der Waals surface area contributed by atoms with E-state index in [2.05, 4.69) is 9.97 Å². The number of H-pyrrole nitrogens is 2. The first-order valence-corrected chi connectivity index (χ1v) is 9.56. The normalized spacial score (nSPS) is 10.6. The van der Waals surface area contributed by atoms with Gasteiger partial charge in [0.25, 0.3) is 0 Å². The van der Waals surface area contributed by atoms with E-state index < -0.39 is 30.3 Å². The minimum Gasteiger partial charge on any atom is -0.462 e. The predicted molar refractivity (Wildman–Crippen MR) is 107 cm³/mol. The van der Waals surface area contributed by atoms with Crippen LogP contribution < -0.4 is 0 Å². The van der Waals surface area contributed by atoms with Crippen molar-refractivity contribution in [2.45, 2.75) is 41.5 Å². The van der Waals surface area contributed by atoms with Crippen LogP contribution >= 0.6 is 0 Å². The number of hydrogen-bond acceptors (Lipinski definition) is 7. The van der Waals surface area contributed by atoms with Crippen molar-refractivity contribution in [3.05, 3.63) is 45.0 Å². The van der Waals surface area contributed by atoms with Gasteiger partial charge in [-0.3, -0.25) is 4.79 Å². The molecule has 0 aromatic carbocycles. The molecule has 0 spiro atoms. The molecule has 2 aromatic rings. The number of nitrogens with one attached hydrogen (secondary N) is 2. The predicted octanol–water partition coefficient (Wildman–Crippen LogP) is 2.97. The number of carbonyl (C=O) groups is 4. The van der Waals surface area contributed by atoms with Crippen molar-refractivity contribution < 1.29 is 33.4 Å². The highest BCUT2D eigenvalue weighted by Crippen LogP contribution is 2.22. The van der Waals surface area contributed by atoms with Crippen LogP contribution in [0.15, 0.2) is 0 Å². The fourth-order valence-electron chi connectivity index (χ4n) is 3.28. The van der Waals surface area contributed by atoms with Crippen LogP contribution in [0.4, 0.5) is 0 Å². The van der Waals surface area contributed by atoms with Crippen molar-refractivity contribution in [1.29, 1.82) is 0 Å². The van der Waals surface area contributed by atoms with E-state index in [1.807, 2.05) is 0 Å². The van der Waals surface area contributed by atoms with Gasteiger partial charge in [-0.2, -0.15) is 0 Å². The van der Waals surface area contributed by atoms with Crippen LogP contribution in [0, 0.1) is 27.7 Å². The van der Waals surface area contributed by atoms with Crippen molar-refractivity contribution in [1.82, 2.24) is 9.97 Å². The van der Waals surface area contributed by atoms with Crippen LogP contribution in [0.5, 0.6) is 0 Å². The number of ether oxygens (including phenoxy) is 3. The van der Waals surface area contributed by atoms with Crippen LogP contribution in [-0.4, -0.2) is 53.5 Å². The number of ketones is 1. The number of aryl methyl sites for hydroxylation is 2. The molecule has 162 valence electrons. The van der Waals surface area contributed by atoms with Crippen molar-refractivity contribution >= 4 is 23.7 Å². The molecule has 30 heavy (non-hydrogen) atoms. The number of aromatic nitrogens is 2. The summed E-state index contributed by atoms with van der Waals surface area (Å²) in [5.41, 5.74) is 2.58. The average molecular weight is 418 g/mol. The third-order valence-electron chi connectivity index (χ3n) is 4.65. The summed E-state index contributed by atoms with van der Waals surface area (Å²) in [6.07, 6.45) is 0. The van der Waals surface area contributed by atoms with Crippen LogP contribution in [0.25, 0.3) is 0 Å². The molecule has 9 heteroatoms. The van der Waals surface area contributed by atoms with E-state index in [0.717, 1.165) is 0 Å². The number of carbonyl (C=O) groups excluding carboxylic acids is 4. The summed E-state index contributed by atoms with van der Waals surface area (Å²) in [6, 6.07) is 0. The smallest absolute Gasteiger partial charge is 0.355 e. The minimum absolute atomic E-state index is 0.169. The highest BCUT2D eigenvalue weighted by atomic mass is 16.5. The molecule has 0 saturated heterocycles. The second kappa shape index (κ2) is 9.43. The van der Waals surface area contributed by atoms with E-state index in [0.29, 0.717) is 28.1 Å². The first-order valence-electron chi connectivity index (χ1n) is 9.56. The van der Waals surface area contributed by atoms with Crippen LogP contribution in [0.2, 0.25) is 0 Å². The van der Waals surface area contributed by atoms with Gasteiger partial charge in [0.15, 0.2) is 6.61 Å². The zero-order valence-electron chi connectivity index (χ0n) is 18.0. The maximum atomic E-state index is 12.6. The van der Waals surface area contributed by atoms with Gasteiger partial charge < -0.3 is 24.2 Å². The topological polar surface area (TPSA) is 128 Å². The molecular weight excluding hydrogens is 392 g/mol. The Hall–Kier alpha value is -3.36. The molecule has 2 heterocycles. The van der Waals surface area contributed by atoms with Crippen LogP contribution in [0.3, 0.4) is 0 Å². The lowest BCUT2D eigenvalue weighted by Gasteiger charge is -2.06. The van der Waals surface area contributed by atoms with Crippen molar-refractivity contribution in [3.8, 4) is 0 Å². The average Bonchev–Trinajstić information content (AvgIpc) is 3.15. The molecule has 2 rings (SSSR count). The lowest BCUT2D eigenvalue weighted by Crippen LogP contribution is -2.16. The van der Waals surface area contributed by atoms with Gasteiger partial charge in [-0.05, 0) is 52.7 Å². The fourth-order valence-corrected chi connectivity index (χ4v) is 3.28. The first kappa shape index (κ1) is 22.9. The second-order valence-electron chi connectivity index (χ2n) is 6.69. The SMILES string of the molecule is CCOC(=O)c1[nH]c(C)c(C(=O)OCC(=O)c2[nH]c(C)c(C(=O)OCC)c2C)c1C. The minimum atomic E-state index is -0.739. The Balaban J connectivity index is 2.16. The van der Waals surface area contributed by atoms with E-state index in [4.69, 9.17) is 14.2 Å². The molecule has 0 amide bonds.